The van der Waals surface area contributed by atoms with Crippen molar-refractivity contribution in [3.8, 4) is 11.5 Å². The first-order chi connectivity index (χ1) is 13.3. The molecule has 8 nitrogen and oxygen atoms in total. The zero-order valence-electron chi connectivity index (χ0n) is 14.4. The number of nitrogens with one attached hydrogen (secondary N) is 2. The van der Waals surface area contributed by atoms with E-state index in [4.69, 9.17) is 9.47 Å². The van der Waals surface area contributed by atoms with Crippen LogP contribution in [0.5, 0.6) is 11.5 Å². The van der Waals surface area contributed by atoms with Gasteiger partial charge in [-0.15, -0.1) is 10.2 Å². The minimum absolute atomic E-state index is 0.250. The van der Waals surface area contributed by atoms with Gasteiger partial charge < -0.3 is 20.1 Å². The molecule has 3 heterocycles. The maximum absolute atomic E-state index is 12.1. The van der Waals surface area contributed by atoms with Crippen LogP contribution >= 0.6 is 0 Å². The van der Waals surface area contributed by atoms with Crippen molar-refractivity contribution in [2.24, 2.45) is 0 Å². The number of benzene rings is 1. The summed E-state index contributed by atoms with van der Waals surface area (Å²) < 4.78 is 10.7. The molecule has 2 aromatic heterocycles. The molecule has 0 fully saturated rings. The average molecular weight is 363 g/mol. The third-order valence-electron chi connectivity index (χ3n) is 3.96. The molecule has 0 unspecified atom stereocenters. The van der Waals surface area contributed by atoms with Gasteiger partial charge in [-0.1, -0.05) is 12.1 Å². The van der Waals surface area contributed by atoms with Gasteiger partial charge >= 0.3 is 0 Å². The molecule has 0 atom stereocenters. The molecule has 1 aliphatic heterocycles. The molecule has 0 aliphatic carbocycles. The third-order valence-corrected chi connectivity index (χ3v) is 3.96. The van der Waals surface area contributed by atoms with Gasteiger partial charge in [0, 0.05) is 12.7 Å². The van der Waals surface area contributed by atoms with Crippen LogP contribution in [0.3, 0.4) is 0 Å². The van der Waals surface area contributed by atoms with Crippen molar-refractivity contribution < 1.29 is 14.3 Å². The fourth-order valence-corrected chi connectivity index (χ4v) is 2.56. The quantitative estimate of drug-likeness (QED) is 0.692. The van der Waals surface area contributed by atoms with E-state index in [9.17, 15) is 4.79 Å². The summed E-state index contributed by atoms with van der Waals surface area (Å²) in [5.41, 5.74) is 2.05. The molecule has 8 heteroatoms. The van der Waals surface area contributed by atoms with Gasteiger partial charge in [0.2, 0.25) is 6.79 Å². The molecule has 0 bridgehead atoms. The van der Waals surface area contributed by atoms with Crippen LogP contribution in [0.15, 0.2) is 54.7 Å². The molecular weight excluding hydrogens is 346 g/mol. The number of rotatable bonds is 6. The topological polar surface area (TPSA) is 98.3 Å². The van der Waals surface area contributed by atoms with E-state index in [2.05, 4.69) is 25.8 Å². The molecular formula is C19H17N5O3. The Hall–Kier alpha value is -3.68. The van der Waals surface area contributed by atoms with E-state index in [1.807, 2.05) is 36.4 Å². The van der Waals surface area contributed by atoms with Gasteiger partial charge in [-0.2, -0.15) is 0 Å². The highest BCUT2D eigenvalue weighted by atomic mass is 16.7. The Morgan fingerprint density at radius 1 is 1.00 bits per heavy atom. The summed E-state index contributed by atoms with van der Waals surface area (Å²) in [6.45, 7) is 1.14. The monoisotopic (exact) mass is 363 g/mol. The largest absolute Gasteiger partial charge is 0.454 e. The Balaban J connectivity index is 1.31. The number of fused-ring (bicyclic) bond motifs is 1. The fourth-order valence-electron chi connectivity index (χ4n) is 2.56. The maximum atomic E-state index is 12.1. The minimum Gasteiger partial charge on any atom is -0.454 e. The van der Waals surface area contributed by atoms with Crippen molar-refractivity contribution in [2.45, 2.75) is 13.1 Å². The normalized spacial score (nSPS) is 11.9. The fraction of sp³-hybridized carbons (Fsp3) is 0.158. The molecule has 3 aromatic rings. The van der Waals surface area contributed by atoms with Crippen LogP contribution in [0.25, 0.3) is 0 Å². The second-order valence-corrected chi connectivity index (χ2v) is 5.85. The first-order valence-electron chi connectivity index (χ1n) is 8.42. The van der Waals surface area contributed by atoms with Crippen molar-refractivity contribution in [1.29, 1.82) is 0 Å². The van der Waals surface area contributed by atoms with E-state index >= 15 is 0 Å². The number of nitrogens with zero attached hydrogens (tertiary/aromatic N) is 3. The lowest BCUT2D eigenvalue weighted by atomic mass is 10.2. The first-order valence-corrected chi connectivity index (χ1v) is 8.42. The molecule has 136 valence electrons. The van der Waals surface area contributed by atoms with Crippen LogP contribution in [0.1, 0.15) is 21.7 Å². The summed E-state index contributed by atoms with van der Waals surface area (Å²) in [5, 5.41) is 14.0. The first kappa shape index (κ1) is 16.8. The summed E-state index contributed by atoms with van der Waals surface area (Å²) in [5.74, 6) is 1.77. The van der Waals surface area contributed by atoms with Crippen molar-refractivity contribution in [3.05, 3.63) is 71.7 Å². The van der Waals surface area contributed by atoms with Gasteiger partial charge in [0.05, 0.1) is 12.2 Å². The van der Waals surface area contributed by atoms with Crippen LogP contribution in [-0.4, -0.2) is 27.9 Å². The summed E-state index contributed by atoms with van der Waals surface area (Å²) >= 11 is 0. The zero-order chi connectivity index (χ0) is 18.5. The van der Waals surface area contributed by atoms with E-state index < -0.39 is 0 Å². The smallest absolute Gasteiger partial charge is 0.272 e. The highest BCUT2D eigenvalue weighted by Gasteiger charge is 2.13. The lowest BCUT2D eigenvalue weighted by Crippen LogP contribution is -2.24. The van der Waals surface area contributed by atoms with Crippen LogP contribution < -0.4 is 20.1 Å². The van der Waals surface area contributed by atoms with Gasteiger partial charge in [-0.3, -0.25) is 9.78 Å². The van der Waals surface area contributed by atoms with Gasteiger partial charge in [-0.25, -0.2) is 0 Å². The molecule has 1 aliphatic rings. The average Bonchev–Trinajstić information content (AvgIpc) is 3.19. The van der Waals surface area contributed by atoms with Crippen LogP contribution in [0.4, 0.5) is 5.82 Å². The second-order valence-electron chi connectivity index (χ2n) is 5.85. The lowest BCUT2D eigenvalue weighted by molar-refractivity contribution is 0.0944. The van der Waals surface area contributed by atoms with E-state index in [0.717, 1.165) is 22.8 Å². The van der Waals surface area contributed by atoms with Gasteiger partial charge in [0.1, 0.15) is 5.82 Å². The summed E-state index contributed by atoms with van der Waals surface area (Å²) in [6.07, 6.45) is 1.68. The van der Waals surface area contributed by atoms with E-state index in [0.29, 0.717) is 18.9 Å². The second kappa shape index (κ2) is 7.69. The highest BCUT2D eigenvalue weighted by molar-refractivity contribution is 5.92. The van der Waals surface area contributed by atoms with E-state index in [1.54, 1.807) is 18.3 Å². The minimum atomic E-state index is -0.296. The highest BCUT2D eigenvalue weighted by Crippen LogP contribution is 2.32. The number of ether oxygens (including phenoxy) is 2. The number of amides is 1. The van der Waals surface area contributed by atoms with Gasteiger partial charge in [0.25, 0.3) is 5.91 Å². The Kier molecular flexibility index (Phi) is 4.78. The Morgan fingerprint density at radius 3 is 2.74 bits per heavy atom. The predicted octanol–water partition coefficient (Wildman–Crippen LogP) is 2.14. The summed E-state index contributed by atoms with van der Waals surface area (Å²) in [6, 6.07) is 14.6. The van der Waals surface area contributed by atoms with E-state index in [1.165, 1.54) is 0 Å². The maximum Gasteiger partial charge on any atom is 0.272 e. The number of pyridine rings is 1. The molecule has 1 amide bonds. The van der Waals surface area contributed by atoms with E-state index in [-0.39, 0.29) is 18.4 Å². The number of carbonyl (C=O) groups excluding carboxylic acids is 1. The van der Waals surface area contributed by atoms with Crippen molar-refractivity contribution in [1.82, 2.24) is 20.5 Å². The Morgan fingerprint density at radius 2 is 1.93 bits per heavy atom. The van der Waals surface area contributed by atoms with Gasteiger partial charge in [0.15, 0.2) is 17.2 Å². The molecule has 0 saturated heterocycles. The number of hydrogen-bond acceptors (Lipinski definition) is 7. The van der Waals surface area contributed by atoms with Gasteiger partial charge in [-0.05, 0) is 42.0 Å². The van der Waals surface area contributed by atoms with Crippen molar-refractivity contribution >= 4 is 11.7 Å². The lowest BCUT2D eigenvalue weighted by Gasteiger charge is -2.07. The molecule has 4 rings (SSSR count). The molecule has 0 saturated carbocycles. The van der Waals surface area contributed by atoms with Crippen molar-refractivity contribution in [3.63, 3.8) is 0 Å². The van der Waals surface area contributed by atoms with Crippen molar-refractivity contribution in [2.75, 3.05) is 12.1 Å². The molecule has 27 heavy (non-hydrogen) atoms. The number of hydrogen-bond donors (Lipinski definition) is 2. The SMILES string of the molecule is O=C(NCc1ccccn1)c1ccc(NCc2ccc3c(c2)OCO3)nn1. The predicted molar refractivity (Wildman–Crippen MR) is 97.3 cm³/mol. The van der Waals surface area contributed by atoms with Crippen LogP contribution in [0.2, 0.25) is 0 Å². The third kappa shape index (κ3) is 4.12. The van der Waals surface area contributed by atoms with Crippen LogP contribution in [0, 0.1) is 0 Å². The number of anilines is 1. The Bertz CT molecular complexity index is 932. The number of carbonyl (C=O) groups is 1. The molecule has 1 aromatic carbocycles. The standard InChI is InChI=1S/C19H17N5O3/c25-19(22-11-14-3-1-2-8-20-14)15-5-7-18(24-23-15)21-10-13-4-6-16-17(9-13)27-12-26-16/h1-9H,10-12H2,(H,21,24)(H,22,25). The number of aromatic nitrogens is 3. The summed E-state index contributed by atoms with van der Waals surface area (Å²) in [4.78, 5) is 16.3. The summed E-state index contributed by atoms with van der Waals surface area (Å²) in [7, 11) is 0. The Labute approximate surface area is 155 Å². The van der Waals surface area contributed by atoms with Crippen LogP contribution in [-0.2, 0) is 13.1 Å². The zero-order valence-corrected chi connectivity index (χ0v) is 14.4. The molecule has 0 radical (unpaired) electrons. The molecule has 2 N–H and O–H groups in total. The molecule has 0 spiro atoms.